The summed E-state index contributed by atoms with van der Waals surface area (Å²) in [7, 11) is 0. The van der Waals surface area contributed by atoms with Crippen LogP contribution in [0.25, 0.3) is 0 Å². The lowest BCUT2D eigenvalue weighted by Crippen LogP contribution is -2.24. The highest BCUT2D eigenvalue weighted by Crippen LogP contribution is 2.42. The van der Waals surface area contributed by atoms with Gasteiger partial charge in [0.2, 0.25) is 0 Å². The molecule has 0 aliphatic carbocycles. The highest BCUT2D eigenvalue weighted by Gasteiger charge is 2.37. The van der Waals surface area contributed by atoms with Crippen LogP contribution in [0.4, 0.5) is 0 Å². The van der Waals surface area contributed by atoms with E-state index >= 15 is 0 Å². The van der Waals surface area contributed by atoms with Gasteiger partial charge in [0.05, 0.1) is 25.4 Å². The van der Waals surface area contributed by atoms with Crippen molar-refractivity contribution >= 4 is 11.6 Å². The van der Waals surface area contributed by atoms with E-state index < -0.39 is 5.79 Å². The molecule has 4 heteroatoms. The van der Waals surface area contributed by atoms with Gasteiger partial charge in [-0.3, -0.25) is 0 Å². The number of benzene rings is 1. The second-order valence-corrected chi connectivity index (χ2v) is 5.54. The molecule has 0 N–H and O–H groups in total. The minimum Gasteiger partial charge on any atom is -0.493 e. The number of ether oxygens (including phenoxy) is 3. The first-order valence-corrected chi connectivity index (χ1v) is 7.10. The third-order valence-electron chi connectivity index (χ3n) is 3.32. The van der Waals surface area contributed by atoms with E-state index in [1.807, 2.05) is 26.0 Å². The third-order valence-corrected chi connectivity index (χ3v) is 3.54. The molecule has 1 heterocycles. The van der Waals surface area contributed by atoms with Crippen molar-refractivity contribution in [3.63, 3.8) is 0 Å². The molecule has 0 unspecified atom stereocenters. The van der Waals surface area contributed by atoms with Crippen LogP contribution < -0.4 is 4.74 Å². The van der Waals surface area contributed by atoms with Gasteiger partial charge >= 0.3 is 0 Å². The predicted molar refractivity (Wildman–Crippen MR) is 76.0 cm³/mol. The van der Waals surface area contributed by atoms with Gasteiger partial charge in [-0.15, -0.1) is 0 Å². The summed E-state index contributed by atoms with van der Waals surface area (Å²) >= 11 is 6.24. The summed E-state index contributed by atoms with van der Waals surface area (Å²) in [5.41, 5.74) is 1.97. The van der Waals surface area contributed by atoms with Crippen LogP contribution in [0, 0.1) is 0 Å². The topological polar surface area (TPSA) is 27.7 Å². The molecule has 19 heavy (non-hydrogen) atoms. The standard InChI is InChI=1S/C15H21ClO3/c1-5-17-14-12(10(2)3)8-11(16)9-13(14)15(4)18-6-7-19-15/h8-10H,5-7H2,1-4H3. The molecule has 1 fully saturated rings. The molecule has 3 nitrogen and oxygen atoms in total. The maximum atomic E-state index is 6.24. The molecule has 0 amide bonds. The highest BCUT2D eigenvalue weighted by atomic mass is 35.5. The first kappa shape index (κ1) is 14.6. The Bertz CT molecular complexity index is 451. The lowest BCUT2D eigenvalue weighted by molar-refractivity contribution is -0.150. The lowest BCUT2D eigenvalue weighted by atomic mass is 9.95. The lowest BCUT2D eigenvalue weighted by Gasteiger charge is -2.27. The van der Waals surface area contributed by atoms with Gasteiger partial charge in [0.15, 0.2) is 5.79 Å². The molecule has 0 spiro atoms. The van der Waals surface area contributed by atoms with Crippen molar-refractivity contribution in [1.82, 2.24) is 0 Å². The Labute approximate surface area is 119 Å². The Morgan fingerprint density at radius 3 is 2.47 bits per heavy atom. The Balaban J connectivity index is 2.57. The first-order chi connectivity index (χ1) is 8.98. The smallest absolute Gasteiger partial charge is 0.195 e. The number of hydrogen-bond acceptors (Lipinski definition) is 3. The van der Waals surface area contributed by atoms with Gasteiger partial charge in [0.25, 0.3) is 0 Å². The summed E-state index contributed by atoms with van der Waals surface area (Å²) in [5.74, 6) is 0.397. The molecule has 1 aromatic rings. The molecule has 0 radical (unpaired) electrons. The molecule has 1 aromatic carbocycles. The quantitative estimate of drug-likeness (QED) is 0.834. The molecule has 106 valence electrons. The van der Waals surface area contributed by atoms with E-state index in [2.05, 4.69) is 13.8 Å². The summed E-state index contributed by atoms with van der Waals surface area (Å²) < 4.78 is 17.3. The predicted octanol–water partition coefficient (Wildman–Crippen LogP) is 4.08. The van der Waals surface area contributed by atoms with Crippen LogP contribution in [0.1, 0.15) is 44.7 Å². The van der Waals surface area contributed by atoms with E-state index in [1.54, 1.807) is 0 Å². The Morgan fingerprint density at radius 2 is 1.95 bits per heavy atom. The summed E-state index contributed by atoms with van der Waals surface area (Å²) in [4.78, 5) is 0. The van der Waals surface area contributed by atoms with Crippen LogP contribution in [0.2, 0.25) is 5.02 Å². The van der Waals surface area contributed by atoms with Crippen LogP contribution >= 0.6 is 11.6 Å². The largest absolute Gasteiger partial charge is 0.493 e. The van der Waals surface area contributed by atoms with Crippen molar-refractivity contribution in [1.29, 1.82) is 0 Å². The van der Waals surface area contributed by atoms with Crippen LogP contribution in [0.5, 0.6) is 5.75 Å². The normalized spacial score (nSPS) is 18.0. The maximum absolute atomic E-state index is 6.24. The minimum atomic E-state index is -0.765. The molecule has 0 atom stereocenters. The number of rotatable bonds is 4. The Hall–Kier alpha value is -0.770. The van der Waals surface area contributed by atoms with Gasteiger partial charge in [0, 0.05) is 5.02 Å². The Morgan fingerprint density at radius 1 is 1.32 bits per heavy atom. The molecular weight excluding hydrogens is 264 g/mol. The van der Waals surface area contributed by atoms with Crippen molar-refractivity contribution in [3.05, 3.63) is 28.3 Å². The van der Waals surface area contributed by atoms with Gasteiger partial charge in [-0.2, -0.15) is 0 Å². The van der Waals surface area contributed by atoms with Crippen molar-refractivity contribution in [2.75, 3.05) is 19.8 Å². The summed E-state index contributed by atoms with van der Waals surface area (Å²) in [6, 6.07) is 3.84. The van der Waals surface area contributed by atoms with E-state index in [-0.39, 0.29) is 0 Å². The van der Waals surface area contributed by atoms with Gasteiger partial charge in [-0.05, 0) is 37.5 Å². The van der Waals surface area contributed by atoms with E-state index in [0.717, 1.165) is 16.9 Å². The fraction of sp³-hybridized carbons (Fsp3) is 0.600. The highest BCUT2D eigenvalue weighted by molar-refractivity contribution is 6.30. The second kappa shape index (κ2) is 5.70. The zero-order valence-electron chi connectivity index (χ0n) is 12.0. The second-order valence-electron chi connectivity index (χ2n) is 5.10. The molecule has 0 bridgehead atoms. The van der Waals surface area contributed by atoms with Crippen LogP contribution in [0.3, 0.4) is 0 Å². The van der Waals surface area contributed by atoms with Crippen LogP contribution in [0.15, 0.2) is 12.1 Å². The maximum Gasteiger partial charge on any atom is 0.195 e. The van der Waals surface area contributed by atoms with Gasteiger partial charge in [-0.1, -0.05) is 25.4 Å². The zero-order valence-corrected chi connectivity index (χ0v) is 12.7. The Kier molecular flexibility index (Phi) is 4.39. The zero-order chi connectivity index (χ0) is 14.0. The fourth-order valence-corrected chi connectivity index (χ4v) is 2.58. The molecule has 0 saturated carbocycles. The van der Waals surface area contributed by atoms with E-state index in [9.17, 15) is 0 Å². The van der Waals surface area contributed by atoms with Crippen molar-refractivity contribution in [2.45, 2.75) is 39.4 Å². The van der Waals surface area contributed by atoms with Crippen molar-refractivity contribution in [2.24, 2.45) is 0 Å². The van der Waals surface area contributed by atoms with E-state index in [4.69, 9.17) is 25.8 Å². The SMILES string of the molecule is CCOc1c(C(C)C)cc(Cl)cc1C1(C)OCCO1. The molecule has 1 aliphatic rings. The molecular formula is C15H21ClO3. The van der Waals surface area contributed by atoms with Crippen molar-refractivity contribution < 1.29 is 14.2 Å². The van der Waals surface area contributed by atoms with E-state index in [0.29, 0.717) is 30.8 Å². The average Bonchev–Trinajstić information content (AvgIpc) is 2.79. The van der Waals surface area contributed by atoms with Crippen molar-refractivity contribution in [3.8, 4) is 5.75 Å². The molecule has 2 rings (SSSR count). The van der Waals surface area contributed by atoms with Crippen LogP contribution in [-0.2, 0) is 15.3 Å². The first-order valence-electron chi connectivity index (χ1n) is 6.72. The van der Waals surface area contributed by atoms with E-state index in [1.165, 1.54) is 0 Å². The van der Waals surface area contributed by atoms with Gasteiger partial charge in [0.1, 0.15) is 5.75 Å². The summed E-state index contributed by atoms with van der Waals surface area (Å²) in [5, 5.41) is 0.683. The summed E-state index contributed by atoms with van der Waals surface area (Å²) in [6.07, 6.45) is 0. The minimum absolute atomic E-state index is 0.323. The molecule has 1 aliphatic heterocycles. The number of hydrogen-bond donors (Lipinski definition) is 0. The summed E-state index contributed by atoms with van der Waals surface area (Å²) in [6.45, 7) is 9.91. The average molecular weight is 285 g/mol. The monoisotopic (exact) mass is 284 g/mol. The fourth-order valence-electron chi connectivity index (χ4n) is 2.36. The van der Waals surface area contributed by atoms with Crippen LogP contribution in [-0.4, -0.2) is 19.8 Å². The molecule has 1 saturated heterocycles. The third kappa shape index (κ3) is 2.88. The van der Waals surface area contributed by atoms with Gasteiger partial charge in [-0.25, -0.2) is 0 Å². The molecule has 0 aromatic heterocycles. The van der Waals surface area contributed by atoms with Gasteiger partial charge < -0.3 is 14.2 Å². The number of halogens is 1.